The molecule has 4 nitrogen and oxygen atoms in total. The van der Waals surface area contributed by atoms with E-state index in [1.54, 1.807) is 13.2 Å². The second kappa shape index (κ2) is 7.91. The maximum atomic E-state index is 14.0. The number of hydrogen-bond acceptors (Lipinski definition) is 4. The van der Waals surface area contributed by atoms with Crippen molar-refractivity contribution in [3.8, 4) is 5.75 Å². The fourth-order valence-electron chi connectivity index (χ4n) is 4.54. The van der Waals surface area contributed by atoms with Crippen LogP contribution in [0.3, 0.4) is 0 Å². The van der Waals surface area contributed by atoms with Gasteiger partial charge >= 0.3 is 0 Å². The molecule has 1 aliphatic carbocycles. The number of allylic oxidation sites excluding steroid dienone is 1. The fraction of sp³-hybridized carbons (Fsp3) is 0.192. The summed E-state index contributed by atoms with van der Waals surface area (Å²) in [4.78, 5) is 13.5. The van der Waals surface area contributed by atoms with Crippen LogP contribution in [-0.2, 0) is 4.79 Å². The van der Waals surface area contributed by atoms with Crippen LogP contribution in [0.25, 0.3) is 0 Å². The summed E-state index contributed by atoms with van der Waals surface area (Å²) in [6.45, 7) is 0. The molecule has 0 amide bonds. The highest BCUT2D eigenvalue weighted by atomic mass is 19.1. The number of carbonyl (C=O) groups is 1. The van der Waals surface area contributed by atoms with Gasteiger partial charge in [0.25, 0.3) is 0 Å². The highest BCUT2D eigenvalue weighted by Gasteiger charge is 2.36. The predicted molar refractivity (Wildman–Crippen MR) is 120 cm³/mol. The van der Waals surface area contributed by atoms with Gasteiger partial charge in [0.15, 0.2) is 5.78 Å². The van der Waals surface area contributed by atoms with Gasteiger partial charge in [-0.25, -0.2) is 4.39 Å². The summed E-state index contributed by atoms with van der Waals surface area (Å²) in [5, 5.41) is 6.98. The highest BCUT2D eigenvalue weighted by Crippen LogP contribution is 2.44. The Morgan fingerprint density at radius 3 is 2.42 bits per heavy atom. The lowest BCUT2D eigenvalue weighted by atomic mass is 9.78. The molecule has 0 saturated heterocycles. The lowest BCUT2D eigenvalue weighted by molar-refractivity contribution is -0.116. The Hall–Kier alpha value is -3.60. The standard InChI is InChI=1S/C26H23FN2O2/c1-31-20-11-9-16(10-12-20)18-14-23-25(24(30)15-18)26(17-5-4-6-19(27)13-17)29-22-8-3-2-7-21(22)28-23/h2-13,18,26,28-29H,14-15H2,1H3/t18-,26-/m0/s1. The summed E-state index contributed by atoms with van der Waals surface area (Å²) in [7, 11) is 1.64. The fourth-order valence-corrected chi connectivity index (χ4v) is 4.54. The number of fused-ring (bicyclic) bond motifs is 1. The molecule has 156 valence electrons. The molecule has 2 aliphatic rings. The number of rotatable bonds is 3. The van der Waals surface area contributed by atoms with Crippen molar-refractivity contribution < 1.29 is 13.9 Å². The number of hydrogen-bond donors (Lipinski definition) is 2. The van der Waals surface area contributed by atoms with E-state index in [1.165, 1.54) is 12.1 Å². The van der Waals surface area contributed by atoms with Gasteiger partial charge < -0.3 is 15.4 Å². The van der Waals surface area contributed by atoms with Crippen molar-refractivity contribution in [2.45, 2.75) is 24.8 Å². The van der Waals surface area contributed by atoms with Crippen LogP contribution >= 0.6 is 0 Å². The number of ether oxygens (including phenoxy) is 1. The molecule has 2 N–H and O–H groups in total. The molecular formula is C26H23FN2O2. The summed E-state index contributed by atoms with van der Waals surface area (Å²) in [6.07, 6.45) is 1.12. The lowest BCUT2D eigenvalue weighted by Gasteiger charge is -2.30. The van der Waals surface area contributed by atoms with Gasteiger partial charge in [0.1, 0.15) is 11.6 Å². The summed E-state index contributed by atoms with van der Waals surface area (Å²) in [6, 6.07) is 21.8. The van der Waals surface area contributed by atoms with Crippen LogP contribution in [0.5, 0.6) is 5.75 Å². The quantitative estimate of drug-likeness (QED) is 0.568. The van der Waals surface area contributed by atoms with E-state index in [0.717, 1.165) is 33.9 Å². The molecule has 5 heteroatoms. The van der Waals surface area contributed by atoms with Crippen LogP contribution in [0, 0.1) is 5.82 Å². The topological polar surface area (TPSA) is 50.4 Å². The molecule has 1 aliphatic heterocycles. The molecule has 0 saturated carbocycles. The third-order valence-corrected chi connectivity index (χ3v) is 6.08. The third kappa shape index (κ3) is 3.67. The molecule has 0 spiro atoms. The Kier molecular flexibility index (Phi) is 4.94. The second-order valence-corrected chi connectivity index (χ2v) is 8.00. The van der Waals surface area contributed by atoms with Gasteiger partial charge in [0.2, 0.25) is 0 Å². The maximum Gasteiger partial charge on any atom is 0.163 e. The van der Waals surface area contributed by atoms with Gasteiger partial charge in [0, 0.05) is 17.7 Å². The van der Waals surface area contributed by atoms with Gasteiger partial charge in [-0.2, -0.15) is 0 Å². The van der Waals surface area contributed by atoms with Crippen molar-refractivity contribution in [2.75, 3.05) is 17.7 Å². The third-order valence-electron chi connectivity index (χ3n) is 6.08. The molecule has 0 bridgehead atoms. The van der Waals surface area contributed by atoms with E-state index < -0.39 is 6.04 Å². The maximum absolute atomic E-state index is 14.0. The number of halogens is 1. The van der Waals surface area contributed by atoms with Crippen LogP contribution in [0.4, 0.5) is 15.8 Å². The first-order chi connectivity index (χ1) is 15.1. The number of anilines is 2. The Labute approximate surface area is 180 Å². The summed E-state index contributed by atoms with van der Waals surface area (Å²) in [5.41, 5.74) is 5.23. The second-order valence-electron chi connectivity index (χ2n) is 8.00. The molecule has 0 aromatic heterocycles. The van der Waals surface area contributed by atoms with E-state index in [9.17, 15) is 9.18 Å². The van der Waals surface area contributed by atoms with E-state index in [0.29, 0.717) is 18.4 Å². The minimum absolute atomic E-state index is 0.0723. The number of ketones is 1. The molecule has 1 heterocycles. The minimum atomic E-state index is -0.411. The van der Waals surface area contributed by atoms with Gasteiger partial charge in [-0.1, -0.05) is 36.4 Å². The Morgan fingerprint density at radius 1 is 0.903 bits per heavy atom. The van der Waals surface area contributed by atoms with Crippen LogP contribution in [0.1, 0.15) is 35.9 Å². The normalized spacial score (nSPS) is 20.1. The van der Waals surface area contributed by atoms with E-state index in [4.69, 9.17) is 4.74 Å². The molecule has 31 heavy (non-hydrogen) atoms. The van der Waals surface area contributed by atoms with Crippen LogP contribution in [0.15, 0.2) is 84.1 Å². The molecule has 0 fully saturated rings. The number of para-hydroxylation sites is 2. The van der Waals surface area contributed by atoms with E-state index >= 15 is 0 Å². The number of methoxy groups -OCH3 is 1. The monoisotopic (exact) mass is 414 g/mol. The highest BCUT2D eigenvalue weighted by molar-refractivity contribution is 6.01. The molecule has 0 radical (unpaired) electrons. The molecule has 3 aromatic rings. The molecule has 2 atom stereocenters. The average Bonchev–Trinajstić information content (AvgIpc) is 2.96. The van der Waals surface area contributed by atoms with E-state index in [-0.39, 0.29) is 17.5 Å². The first-order valence-electron chi connectivity index (χ1n) is 10.4. The van der Waals surface area contributed by atoms with Gasteiger partial charge in [-0.05, 0) is 59.9 Å². The molecule has 5 rings (SSSR count). The van der Waals surface area contributed by atoms with Crippen LogP contribution < -0.4 is 15.4 Å². The predicted octanol–water partition coefficient (Wildman–Crippen LogP) is 5.81. The number of carbonyl (C=O) groups excluding carboxylic acids is 1. The van der Waals surface area contributed by atoms with Crippen molar-refractivity contribution >= 4 is 17.2 Å². The summed E-state index contributed by atoms with van der Waals surface area (Å²) in [5.74, 6) is 0.626. The van der Waals surface area contributed by atoms with Crippen molar-refractivity contribution in [1.82, 2.24) is 0 Å². The molecular weight excluding hydrogens is 391 g/mol. The average molecular weight is 414 g/mol. The van der Waals surface area contributed by atoms with Gasteiger partial charge in [-0.3, -0.25) is 4.79 Å². The molecule has 0 unspecified atom stereocenters. The summed E-state index contributed by atoms with van der Waals surface area (Å²) >= 11 is 0. The first kappa shape index (κ1) is 19.4. The van der Waals surface area contributed by atoms with Crippen molar-refractivity contribution in [2.24, 2.45) is 0 Å². The van der Waals surface area contributed by atoms with Gasteiger partial charge in [0.05, 0.1) is 24.5 Å². The summed E-state index contributed by atoms with van der Waals surface area (Å²) < 4.78 is 19.3. The zero-order valence-corrected chi connectivity index (χ0v) is 17.2. The Balaban J connectivity index is 1.58. The number of nitrogens with one attached hydrogen (secondary N) is 2. The van der Waals surface area contributed by atoms with Crippen LogP contribution in [0.2, 0.25) is 0 Å². The lowest BCUT2D eigenvalue weighted by Crippen LogP contribution is -2.26. The van der Waals surface area contributed by atoms with Crippen molar-refractivity contribution in [3.63, 3.8) is 0 Å². The largest absolute Gasteiger partial charge is 0.497 e. The van der Waals surface area contributed by atoms with Crippen molar-refractivity contribution in [1.29, 1.82) is 0 Å². The van der Waals surface area contributed by atoms with Gasteiger partial charge in [-0.15, -0.1) is 0 Å². The smallest absolute Gasteiger partial charge is 0.163 e. The van der Waals surface area contributed by atoms with Crippen LogP contribution in [-0.4, -0.2) is 12.9 Å². The van der Waals surface area contributed by atoms with Crippen molar-refractivity contribution in [3.05, 3.63) is 101 Å². The Morgan fingerprint density at radius 2 is 1.68 bits per heavy atom. The minimum Gasteiger partial charge on any atom is -0.497 e. The SMILES string of the molecule is COc1ccc([C@@H]2CC(=O)C3=C(C2)Nc2ccccc2N[C@H]3c2cccc(F)c2)cc1. The Bertz CT molecular complexity index is 1170. The zero-order chi connectivity index (χ0) is 21.4. The first-order valence-corrected chi connectivity index (χ1v) is 10.4. The number of benzene rings is 3. The van der Waals surface area contributed by atoms with E-state index in [1.807, 2.05) is 54.6 Å². The molecule has 3 aromatic carbocycles. The number of Topliss-reactive ketones (excluding diaryl/α,β-unsaturated/α-hetero) is 1. The van der Waals surface area contributed by atoms with E-state index in [2.05, 4.69) is 10.6 Å². The zero-order valence-electron chi connectivity index (χ0n) is 17.2.